The number of alkyl halides is 2. The minimum atomic E-state index is -1.22. The lowest BCUT2D eigenvalue weighted by atomic mass is 10.1. The summed E-state index contributed by atoms with van der Waals surface area (Å²) in [6.45, 7) is 0. The number of nitrogens with two attached hydrogens (primary N) is 2. The van der Waals surface area contributed by atoms with Gasteiger partial charge in [-0.25, -0.2) is 8.78 Å². The van der Waals surface area contributed by atoms with Crippen molar-refractivity contribution >= 4 is 24.8 Å². The quantitative estimate of drug-likeness (QED) is 0.834. The Kier molecular flexibility index (Phi) is 6.76. The monoisotopic (exact) mass is 374 g/mol. The molecule has 0 aliphatic heterocycles. The summed E-state index contributed by atoms with van der Waals surface area (Å²) in [7, 11) is 0. The van der Waals surface area contributed by atoms with Gasteiger partial charge in [-0.15, -0.1) is 24.8 Å². The number of hydrogen-bond acceptors (Lipinski definition) is 2. The van der Waals surface area contributed by atoms with Crippen LogP contribution in [0.25, 0.3) is 0 Å². The zero-order valence-corrected chi connectivity index (χ0v) is 14.7. The van der Waals surface area contributed by atoms with E-state index in [9.17, 15) is 8.78 Å². The molecule has 0 bridgehead atoms. The lowest BCUT2D eigenvalue weighted by Gasteiger charge is -2.04. The van der Waals surface area contributed by atoms with Crippen molar-refractivity contribution in [1.82, 2.24) is 0 Å². The fraction of sp³-hybridized carbons (Fsp3) is 0.333. The van der Waals surface area contributed by atoms with Gasteiger partial charge >= 0.3 is 0 Å². The first-order valence-electron chi connectivity index (χ1n) is 7.47. The largest absolute Gasteiger partial charge is 0.325 e. The molecule has 24 heavy (non-hydrogen) atoms. The summed E-state index contributed by atoms with van der Waals surface area (Å²) in [5, 5.41) is 0. The van der Waals surface area contributed by atoms with Gasteiger partial charge in [0.15, 0.2) is 11.3 Å². The van der Waals surface area contributed by atoms with E-state index in [-0.39, 0.29) is 36.9 Å². The predicted octanol–water partition coefficient (Wildman–Crippen LogP) is 4.01. The van der Waals surface area contributed by atoms with Crippen LogP contribution in [-0.2, 0) is 11.3 Å². The van der Waals surface area contributed by atoms with Crippen LogP contribution in [0.4, 0.5) is 8.78 Å². The minimum absolute atomic E-state index is 0. The fourth-order valence-corrected chi connectivity index (χ4v) is 2.62. The lowest BCUT2D eigenvalue weighted by Crippen LogP contribution is -2.12. The Hall–Kier alpha value is -1.20. The van der Waals surface area contributed by atoms with Crippen LogP contribution in [0.2, 0.25) is 0 Å². The smallest absolute Gasteiger partial charge is 0.152 e. The maximum atomic E-state index is 13.5. The molecule has 2 nitrogen and oxygen atoms in total. The van der Waals surface area contributed by atoms with Crippen LogP contribution in [0.15, 0.2) is 60.7 Å². The van der Waals surface area contributed by atoms with Crippen LogP contribution < -0.4 is 11.5 Å². The first-order chi connectivity index (χ1) is 10.5. The van der Waals surface area contributed by atoms with Crippen molar-refractivity contribution in [3.8, 4) is 0 Å². The molecule has 0 unspecified atom stereocenters. The number of benzene rings is 2. The number of halogens is 4. The highest BCUT2D eigenvalue weighted by atomic mass is 35.5. The Balaban J connectivity index is 0.000000222. The van der Waals surface area contributed by atoms with Crippen LogP contribution in [0.5, 0.6) is 0 Å². The van der Waals surface area contributed by atoms with Crippen LogP contribution in [0.3, 0.4) is 0 Å². The van der Waals surface area contributed by atoms with Crippen LogP contribution in [0.1, 0.15) is 24.0 Å². The van der Waals surface area contributed by atoms with Gasteiger partial charge in [-0.1, -0.05) is 60.7 Å². The normalized spacial score (nSPS) is 32.3. The van der Waals surface area contributed by atoms with Crippen LogP contribution >= 0.6 is 24.8 Å². The molecule has 4 N–H and O–H groups in total. The van der Waals surface area contributed by atoms with Crippen molar-refractivity contribution < 1.29 is 8.78 Å². The summed E-state index contributed by atoms with van der Waals surface area (Å²) in [5.74, 6) is 0. The summed E-state index contributed by atoms with van der Waals surface area (Å²) < 4.78 is 27.0. The molecule has 2 saturated carbocycles. The fourth-order valence-electron chi connectivity index (χ4n) is 2.62. The molecule has 6 heteroatoms. The number of rotatable bonds is 2. The topological polar surface area (TPSA) is 52.0 Å². The van der Waals surface area contributed by atoms with Crippen molar-refractivity contribution in [3.05, 3.63) is 71.8 Å². The van der Waals surface area contributed by atoms with E-state index in [0.717, 1.165) is 0 Å². The summed E-state index contributed by atoms with van der Waals surface area (Å²) in [4.78, 5) is 0. The zero-order valence-electron chi connectivity index (χ0n) is 13.1. The third-order valence-electron chi connectivity index (χ3n) is 4.40. The van der Waals surface area contributed by atoms with Gasteiger partial charge in [0.2, 0.25) is 0 Å². The third kappa shape index (κ3) is 4.06. The second kappa shape index (κ2) is 7.79. The predicted molar refractivity (Wildman–Crippen MR) is 98.1 cm³/mol. The summed E-state index contributed by atoms with van der Waals surface area (Å²) >= 11 is 0. The Morgan fingerprint density at radius 3 is 1.12 bits per heavy atom. The second-order valence-corrected chi connectivity index (χ2v) is 6.08. The molecule has 2 fully saturated rings. The molecule has 0 aromatic heterocycles. The van der Waals surface area contributed by atoms with E-state index in [1.807, 2.05) is 36.4 Å². The summed E-state index contributed by atoms with van der Waals surface area (Å²) in [6.07, 6.45) is 0.939. The maximum absolute atomic E-state index is 13.5. The first-order valence-corrected chi connectivity index (χ1v) is 7.47. The van der Waals surface area contributed by atoms with Gasteiger partial charge in [-0.05, 0) is 11.1 Å². The molecule has 0 radical (unpaired) electrons. The summed E-state index contributed by atoms with van der Waals surface area (Å²) in [6, 6.07) is 17.7. The van der Waals surface area contributed by atoms with E-state index in [4.69, 9.17) is 11.5 Å². The summed E-state index contributed by atoms with van der Waals surface area (Å²) in [5.41, 5.74) is 9.90. The van der Waals surface area contributed by atoms with Crippen molar-refractivity contribution in [3.63, 3.8) is 0 Å². The average Bonchev–Trinajstić information content (AvgIpc) is 3.38. The molecule has 0 heterocycles. The van der Waals surface area contributed by atoms with E-state index in [0.29, 0.717) is 24.0 Å². The van der Waals surface area contributed by atoms with Crippen molar-refractivity contribution in [2.75, 3.05) is 0 Å². The van der Waals surface area contributed by atoms with Crippen molar-refractivity contribution in [2.45, 2.75) is 36.3 Å². The standard InChI is InChI=1S/2C9H10FN.2ClH/c2*10-9(6-8(9)11)7-4-2-1-3-5-7;;/h2*1-5,8H,6,11H2;2*1H/t2*8-,9-;;/m10../s1. The van der Waals surface area contributed by atoms with E-state index < -0.39 is 11.3 Å². The highest BCUT2D eigenvalue weighted by molar-refractivity contribution is 5.85. The molecular formula is C18H22Cl2F2N2. The van der Waals surface area contributed by atoms with Gasteiger partial charge in [-0.2, -0.15) is 0 Å². The van der Waals surface area contributed by atoms with Gasteiger partial charge in [0.05, 0.1) is 0 Å². The van der Waals surface area contributed by atoms with Crippen LogP contribution in [0, 0.1) is 0 Å². The molecule has 0 amide bonds. The lowest BCUT2D eigenvalue weighted by molar-refractivity contribution is 0.306. The Morgan fingerprint density at radius 1 is 0.667 bits per heavy atom. The molecule has 2 aliphatic carbocycles. The van der Waals surface area contributed by atoms with Gasteiger partial charge < -0.3 is 11.5 Å². The molecule has 132 valence electrons. The molecule has 4 atom stereocenters. The van der Waals surface area contributed by atoms with Gasteiger partial charge in [0.25, 0.3) is 0 Å². The molecule has 0 spiro atoms. The first kappa shape index (κ1) is 20.8. The minimum Gasteiger partial charge on any atom is -0.325 e. The Morgan fingerprint density at radius 2 is 0.917 bits per heavy atom. The maximum Gasteiger partial charge on any atom is 0.152 e. The van der Waals surface area contributed by atoms with Gasteiger partial charge in [-0.3, -0.25) is 0 Å². The molecular weight excluding hydrogens is 353 g/mol. The van der Waals surface area contributed by atoms with E-state index in [2.05, 4.69) is 0 Å². The molecule has 2 aromatic rings. The van der Waals surface area contributed by atoms with Crippen molar-refractivity contribution in [1.29, 1.82) is 0 Å². The average molecular weight is 375 g/mol. The van der Waals surface area contributed by atoms with E-state index in [1.165, 1.54) is 0 Å². The third-order valence-corrected chi connectivity index (χ3v) is 4.40. The second-order valence-electron chi connectivity index (χ2n) is 6.08. The highest BCUT2D eigenvalue weighted by Gasteiger charge is 2.55. The Labute approximate surface area is 153 Å². The van der Waals surface area contributed by atoms with Crippen LogP contribution in [-0.4, -0.2) is 12.1 Å². The molecule has 4 rings (SSSR count). The highest BCUT2D eigenvalue weighted by Crippen LogP contribution is 2.48. The van der Waals surface area contributed by atoms with Crippen molar-refractivity contribution in [2.24, 2.45) is 11.5 Å². The zero-order chi connectivity index (χ0) is 15.8. The number of hydrogen-bond donors (Lipinski definition) is 2. The Bertz CT molecular complexity index is 586. The van der Waals surface area contributed by atoms with Gasteiger partial charge in [0.1, 0.15) is 0 Å². The van der Waals surface area contributed by atoms with Gasteiger partial charge in [0, 0.05) is 24.9 Å². The van der Waals surface area contributed by atoms with E-state index >= 15 is 0 Å². The molecule has 0 saturated heterocycles. The molecule has 2 aliphatic rings. The molecule has 2 aromatic carbocycles. The SMILES string of the molecule is Cl.Cl.N[C@@H]1C[C@@]1(F)c1ccccc1.N[C@H]1C[C@]1(F)c1ccccc1. The van der Waals surface area contributed by atoms with E-state index in [1.54, 1.807) is 24.3 Å².